The van der Waals surface area contributed by atoms with Crippen LogP contribution in [0.1, 0.15) is 5.56 Å². The molecule has 0 spiro atoms. The van der Waals surface area contributed by atoms with E-state index in [1.54, 1.807) is 0 Å². The molecule has 1 aromatic carbocycles. The van der Waals surface area contributed by atoms with E-state index in [2.05, 4.69) is 4.98 Å². The van der Waals surface area contributed by atoms with Gasteiger partial charge in [-0.15, -0.1) is 0 Å². The van der Waals surface area contributed by atoms with Gasteiger partial charge < -0.3 is 5.11 Å². The van der Waals surface area contributed by atoms with E-state index in [0.29, 0.717) is 0 Å². The highest BCUT2D eigenvalue weighted by atomic mass is 32.2. The highest BCUT2D eigenvalue weighted by Crippen LogP contribution is 2.31. The highest BCUT2D eigenvalue weighted by molar-refractivity contribution is 8.00. The molecule has 0 unspecified atom stereocenters. The van der Waals surface area contributed by atoms with Crippen molar-refractivity contribution >= 4 is 23.4 Å². The van der Waals surface area contributed by atoms with Gasteiger partial charge in [0.15, 0.2) is 5.03 Å². The van der Waals surface area contributed by atoms with Crippen molar-refractivity contribution in [2.75, 3.05) is 0 Å². The van der Waals surface area contributed by atoms with E-state index < -0.39 is 16.1 Å². The Morgan fingerprint density at radius 3 is 2.62 bits per heavy atom. The van der Waals surface area contributed by atoms with Crippen molar-refractivity contribution in [2.24, 2.45) is 0 Å². The quantitative estimate of drug-likeness (QED) is 0.501. The van der Waals surface area contributed by atoms with Crippen LogP contribution in [0.4, 0.5) is 5.69 Å². The first-order chi connectivity index (χ1) is 10.1. The molecule has 0 amide bonds. The molecule has 0 aliphatic heterocycles. The van der Waals surface area contributed by atoms with Gasteiger partial charge in [0.25, 0.3) is 0 Å². The van der Waals surface area contributed by atoms with Gasteiger partial charge in [-0.2, -0.15) is 0 Å². The topological polar surface area (TPSA) is 93.3 Å². The molecule has 1 N–H and O–H groups in total. The number of aromatic nitrogens is 1. The fourth-order valence-corrected chi connectivity index (χ4v) is 2.79. The highest BCUT2D eigenvalue weighted by Gasteiger charge is 2.25. The summed E-state index contributed by atoms with van der Waals surface area (Å²) in [6.07, 6.45) is 1.69. The number of rotatable bonds is 6. The third kappa shape index (κ3) is 4.03. The molecule has 21 heavy (non-hydrogen) atoms. The van der Waals surface area contributed by atoms with E-state index in [9.17, 15) is 20.0 Å². The summed E-state index contributed by atoms with van der Waals surface area (Å²) in [5, 5.41) is 19.5. The molecule has 0 aliphatic rings. The standard InChI is InChI=1S/C14H12N2O4S/c17-14(18)12(9-10-5-2-1-3-6-10)21-13-11(16(19)20)7-4-8-15-13/h1-8,12H,9H2,(H,17,18)/t12-/m0/s1. The summed E-state index contributed by atoms with van der Waals surface area (Å²) in [4.78, 5) is 25.7. The number of pyridine rings is 1. The van der Waals surface area contributed by atoms with Crippen molar-refractivity contribution in [3.05, 3.63) is 64.3 Å². The van der Waals surface area contributed by atoms with Crippen LogP contribution in [0.3, 0.4) is 0 Å². The van der Waals surface area contributed by atoms with Gasteiger partial charge in [0.2, 0.25) is 0 Å². The van der Waals surface area contributed by atoms with Crippen LogP contribution in [0.5, 0.6) is 0 Å². The van der Waals surface area contributed by atoms with Gasteiger partial charge in [-0.1, -0.05) is 42.1 Å². The molecule has 0 radical (unpaired) electrons. The maximum absolute atomic E-state index is 11.4. The van der Waals surface area contributed by atoms with Crippen LogP contribution in [0, 0.1) is 10.1 Å². The van der Waals surface area contributed by atoms with Crippen LogP contribution in [-0.4, -0.2) is 26.2 Å². The van der Waals surface area contributed by atoms with Crippen LogP contribution in [-0.2, 0) is 11.2 Å². The summed E-state index contributed by atoms with van der Waals surface area (Å²) in [6, 6.07) is 11.9. The molecule has 0 saturated carbocycles. The number of nitro groups is 1. The fourth-order valence-electron chi connectivity index (χ4n) is 1.75. The number of hydrogen-bond acceptors (Lipinski definition) is 5. The minimum Gasteiger partial charge on any atom is -0.480 e. The van der Waals surface area contributed by atoms with Gasteiger partial charge in [-0.05, 0) is 18.1 Å². The number of nitrogens with zero attached hydrogens (tertiary/aromatic N) is 2. The number of aliphatic carboxylic acids is 1. The first-order valence-corrected chi connectivity index (χ1v) is 6.98. The molecule has 1 heterocycles. The summed E-state index contributed by atoms with van der Waals surface area (Å²) in [5.41, 5.74) is 0.679. The molecule has 1 atom stereocenters. The Morgan fingerprint density at radius 2 is 2.00 bits per heavy atom. The monoisotopic (exact) mass is 304 g/mol. The van der Waals surface area contributed by atoms with E-state index in [0.717, 1.165) is 17.3 Å². The first-order valence-electron chi connectivity index (χ1n) is 6.10. The minimum absolute atomic E-state index is 0.117. The summed E-state index contributed by atoms with van der Waals surface area (Å²) in [5.74, 6) is -1.02. The first kappa shape index (κ1) is 15.0. The molecule has 2 aromatic rings. The predicted octanol–water partition coefficient (Wildman–Crippen LogP) is 2.78. The molecule has 0 bridgehead atoms. The lowest BCUT2D eigenvalue weighted by Gasteiger charge is -2.11. The molecular weight excluding hydrogens is 292 g/mol. The Kier molecular flexibility index (Phi) is 4.89. The minimum atomic E-state index is -1.02. The van der Waals surface area contributed by atoms with Crippen LogP contribution in [0.25, 0.3) is 0 Å². The maximum Gasteiger partial charge on any atom is 0.317 e. The molecule has 0 fully saturated rings. The van der Waals surface area contributed by atoms with Crippen molar-refractivity contribution in [2.45, 2.75) is 16.7 Å². The maximum atomic E-state index is 11.4. The van der Waals surface area contributed by atoms with Crippen molar-refractivity contribution in [3.63, 3.8) is 0 Å². The van der Waals surface area contributed by atoms with E-state index >= 15 is 0 Å². The predicted molar refractivity (Wildman–Crippen MR) is 78.3 cm³/mol. The zero-order valence-electron chi connectivity index (χ0n) is 10.9. The van der Waals surface area contributed by atoms with Gasteiger partial charge >= 0.3 is 11.7 Å². The van der Waals surface area contributed by atoms with E-state index in [-0.39, 0.29) is 17.1 Å². The Balaban J connectivity index is 2.21. The number of thioether (sulfide) groups is 1. The number of carboxylic acids is 1. The van der Waals surface area contributed by atoms with Crippen LogP contribution in [0.15, 0.2) is 53.7 Å². The number of carboxylic acid groups (broad SMARTS) is 1. The van der Waals surface area contributed by atoms with Crippen molar-refractivity contribution < 1.29 is 14.8 Å². The van der Waals surface area contributed by atoms with Crippen LogP contribution < -0.4 is 0 Å². The number of benzene rings is 1. The Labute approximate surface area is 125 Å². The SMILES string of the molecule is O=C(O)[C@H](Cc1ccccc1)Sc1ncccc1[N+](=O)[O-]. The number of carbonyl (C=O) groups is 1. The average molecular weight is 304 g/mol. The van der Waals surface area contributed by atoms with Gasteiger partial charge in [0.1, 0.15) is 5.25 Å². The Bertz CT molecular complexity index is 648. The summed E-state index contributed by atoms with van der Waals surface area (Å²) in [7, 11) is 0. The molecule has 6 nitrogen and oxygen atoms in total. The van der Waals surface area contributed by atoms with Crippen molar-refractivity contribution in [1.29, 1.82) is 0 Å². The molecule has 7 heteroatoms. The van der Waals surface area contributed by atoms with Gasteiger partial charge in [-0.25, -0.2) is 4.98 Å². The van der Waals surface area contributed by atoms with Gasteiger partial charge in [0, 0.05) is 12.3 Å². The van der Waals surface area contributed by atoms with Crippen LogP contribution in [0.2, 0.25) is 0 Å². The molecule has 1 aromatic heterocycles. The molecular formula is C14H12N2O4S. The van der Waals surface area contributed by atoms with E-state index in [1.165, 1.54) is 18.3 Å². The molecule has 0 saturated heterocycles. The second-order valence-corrected chi connectivity index (χ2v) is 5.41. The second kappa shape index (κ2) is 6.85. The molecule has 0 aliphatic carbocycles. The summed E-state index contributed by atoms with van der Waals surface area (Å²) >= 11 is 0.894. The Hall–Kier alpha value is -2.41. The van der Waals surface area contributed by atoms with Crippen molar-refractivity contribution in [3.8, 4) is 0 Å². The fraction of sp³-hybridized carbons (Fsp3) is 0.143. The molecule has 2 rings (SSSR count). The third-order valence-electron chi connectivity index (χ3n) is 2.74. The summed E-state index contributed by atoms with van der Waals surface area (Å²) in [6.45, 7) is 0. The summed E-state index contributed by atoms with van der Waals surface area (Å²) < 4.78 is 0. The second-order valence-electron chi connectivity index (χ2n) is 4.22. The lowest BCUT2D eigenvalue weighted by atomic mass is 10.1. The smallest absolute Gasteiger partial charge is 0.317 e. The van der Waals surface area contributed by atoms with Crippen LogP contribution >= 0.6 is 11.8 Å². The lowest BCUT2D eigenvalue weighted by Crippen LogP contribution is -2.19. The Morgan fingerprint density at radius 1 is 1.29 bits per heavy atom. The molecule has 108 valence electrons. The third-order valence-corrected chi connectivity index (χ3v) is 3.93. The largest absolute Gasteiger partial charge is 0.480 e. The average Bonchev–Trinajstić information content (AvgIpc) is 2.48. The van der Waals surface area contributed by atoms with E-state index in [4.69, 9.17) is 0 Å². The number of hydrogen-bond donors (Lipinski definition) is 1. The zero-order chi connectivity index (χ0) is 15.2. The zero-order valence-corrected chi connectivity index (χ0v) is 11.7. The van der Waals surface area contributed by atoms with Crippen molar-refractivity contribution in [1.82, 2.24) is 4.98 Å². The normalized spacial score (nSPS) is 11.8. The van der Waals surface area contributed by atoms with E-state index in [1.807, 2.05) is 30.3 Å². The van der Waals surface area contributed by atoms with Gasteiger partial charge in [0.05, 0.1) is 4.92 Å². The van der Waals surface area contributed by atoms with Gasteiger partial charge in [-0.3, -0.25) is 14.9 Å². The lowest BCUT2D eigenvalue weighted by molar-refractivity contribution is -0.388.